The highest BCUT2D eigenvalue weighted by Gasteiger charge is 2.33. The third-order valence-corrected chi connectivity index (χ3v) is 8.31. The molecule has 0 bridgehead atoms. The topological polar surface area (TPSA) is 50.8 Å². The molecule has 0 heterocycles. The van der Waals surface area contributed by atoms with E-state index in [1.54, 1.807) is 14.2 Å². The van der Waals surface area contributed by atoms with Crippen molar-refractivity contribution in [2.75, 3.05) is 19.5 Å². The van der Waals surface area contributed by atoms with Crippen LogP contribution in [0, 0.1) is 25.7 Å². The fourth-order valence-electron chi connectivity index (χ4n) is 6.21. The van der Waals surface area contributed by atoms with E-state index in [0.717, 1.165) is 58.6 Å². The maximum Gasteiger partial charge on any atom is 0.322 e. The summed E-state index contributed by atoms with van der Waals surface area (Å²) < 4.78 is 11.1. The van der Waals surface area contributed by atoms with Gasteiger partial charge in [-0.15, -0.1) is 0 Å². The zero-order valence-electron chi connectivity index (χ0n) is 21.9. The molecule has 0 unspecified atom stereocenters. The zero-order valence-corrected chi connectivity index (χ0v) is 21.9. The van der Waals surface area contributed by atoms with Crippen molar-refractivity contribution in [2.45, 2.75) is 84.2 Å². The van der Waals surface area contributed by atoms with Crippen LogP contribution in [-0.4, -0.2) is 31.2 Å². The molecule has 4 rings (SSSR count). The van der Waals surface area contributed by atoms with E-state index in [1.165, 1.54) is 44.9 Å². The number of anilines is 1. The molecule has 2 amide bonds. The SMILES string of the molecule is COc1ccc(CN(C(=O)Nc2c(C)cccc2C)[C@H]2CC[C@@H](C3CCCCC3)CC2)c(OC)c1. The van der Waals surface area contributed by atoms with Crippen LogP contribution in [0.25, 0.3) is 0 Å². The number of ether oxygens (including phenoxy) is 2. The van der Waals surface area contributed by atoms with Crippen molar-refractivity contribution in [1.82, 2.24) is 4.90 Å². The first-order valence-electron chi connectivity index (χ1n) is 13.3. The van der Waals surface area contributed by atoms with Gasteiger partial charge in [-0.2, -0.15) is 0 Å². The number of carbonyl (C=O) groups is 1. The molecular weight excluding hydrogens is 436 g/mol. The molecule has 2 aromatic carbocycles. The number of benzene rings is 2. The number of amides is 2. The van der Waals surface area contributed by atoms with Gasteiger partial charge in [-0.05, 0) is 74.6 Å². The second kappa shape index (κ2) is 11.8. The molecule has 2 fully saturated rings. The van der Waals surface area contributed by atoms with Crippen molar-refractivity contribution >= 4 is 11.7 Å². The van der Waals surface area contributed by atoms with Gasteiger partial charge in [-0.3, -0.25) is 0 Å². The van der Waals surface area contributed by atoms with Gasteiger partial charge in [0.05, 0.1) is 20.8 Å². The Hall–Kier alpha value is -2.69. The molecule has 190 valence electrons. The lowest BCUT2D eigenvalue weighted by Gasteiger charge is -2.40. The molecule has 0 aromatic heterocycles. The molecule has 2 aromatic rings. The summed E-state index contributed by atoms with van der Waals surface area (Å²) in [5, 5.41) is 3.25. The van der Waals surface area contributed by atoms with Crippen molar-refractivity contribution in [3.63, 3.8) is 0 Å². The summed E-state index contributed by atoms with van der Waals surface area (Å²) in [5.74, 6) is 3.23. The van der Waals surface area contributed by atoms with Crippen LogP contribution in [0.4, 0.5) is 10.5 Å². The molecular formula is C30H42N2O3. The first-order valence-corrected chi connectivity index (χ1v) is 13.3. The number of hydrogen-bond acceptors (Lipinski definition) is 3. The summed E-state index contributed by atoms with van der Waals surface area (Å²) in [7, 11) is 3.33. The van der Waals surface area contributed by atoms with Crippen molar-refractivity contribution in [2.24, 2.45) is 11.8 Å². The Labute approximate surface area is 211 Å². The van der Waals surface area contributed by atoms with E-state index in [2.05, 4.69) is 31.3 Å². The number of carbonyl (C=O) groups excluding carboxylic acids is 1. The molecule has 0 radical (unpaired) electrons. The lowest BCUT2D eigenvalue weighted by Crippen LogP contribution is -2.45. The highest BCUT2D eigenvalue weighted by Crippen LogP contribution is 2.40. The summed E-state index contributed by atoms with van der Waals surface area (Å²) in [4.78, 5) is 15.8. The Bertz CT molecular complexity index is 971. The van der Waals surface area contributed by atoms with Gasteiger partial charge in [-0.1, -0.05) is 50.3 Å². The van der Waals surface area contributed by atoms with Crippen LogP contribution < -0.4 is 14.8 Å². The van der Waals surface area contributed by atoms with Gasteiger partial charge in [0.1, 0.15) is 11.5 Å². The second-order valence-electron chi connectivity index (χ2n) is 10.5. The standard InChI is InChI=1S/C30H42N2O3/c1-21-9-8-10-22(2)29(21)31-30(33)32(20-25-15-18-27(34-3)19-28(25)35-4)26-16-13-24(14-17-26)23-11-6-5-7-12-23/h8-10,15,18-19,23-24,26H,5-7,11-14,16-17,20H2,1-4H3,(H,31,33)/t24-,26+. The van der Waals surface area contributed by atoms with Gasteiger partial charge >= 0.3 is 6.03 Å². The fourth-order valence-corrected chi connectivity index (χ4v) is 6.21. The van der Waals surface area contributed by atoms with Crippen LogP contribution in [0.3, 0.4) is 0 Å². The number of methoxy groups -OCH3 is 2. The number of nitrogens with zero attached hydrogens (tertiary/aromatic N) is 1. The summed E-state index contributed by atoms with van der Waals surface area (Å²) in [6.07, 6.45) is 11.6. The number of aryl methyl sites for hydroxylation is 2. The maximum absolute atomic E-state index is 13.8. The lowest BCUT2D eigenvalue weighted by molar-refractivity contribution is 0.120. The zero-order chi connectivity index (χ0) is 24.8. The average Bonchev–Trinajstić information content (AvgIpc) is 2.90. The number of rotatable bonds is 7. The van der Waals surface area contributed by atoms with Crippen molar-refractivity contribution < 1.29 is 14.3 Å². The molecule has 2 aliphatic rings. The van der Waals surface area contributed by atoms with E-state index in [4.69, 9.17) is 9.47 Å². The lowest BCUT2D eigenvalue weighted by atomic mass is 9.72. The summed E-state index contributed by atoms with van der Waals surface area (Å²) in [6, 6.07) is 12.2. The van der Waals surface area contributed by atoms with Gasteiger partial charge in [0.15, 0.2) is 0 Å². The van der Waals surface area contributed by atoms with E-state index in [1.807, 2.05) is 29.2 Å². The molecule has 0 atom stereocenters. The first-order chi connectivity index (χ1) is 17.0. The van der Waals surface area contributed by atoms with Crippen molar-refractivity contribution in [1.29, 1.82) is 0 Å². The molecule has 0 saturated heterocycles. The summed E-state index contributed by atoms with van der Waals surface area (Å²) >= 11 is 0. The minimum Gasteiger partial charge on any atom is -0.497 e. The van der Waals surface area contributed by atoms with Gasteiger partial charge in [-0.25, -0.2) is 4.79 Å². The van der Waals surface area contributed by atoms with Gasteiger partial charge in [0, 0.05) is 23.4 Å². The average molecular weight is 479 g/mol. The number of urea groups is 1. The predicted molar refractivity (Wildman–Crippen MR) is 142 cm³/mol. The molecule has 0 aliphatic heterocycles. The molecule has 0 spiro atoms. The van der Waals surface area contributed by atoms with Crippen LogP contribution in [0.1, 0.15) is 74.5 Å². The fraction of sp³-hybridized carbons (Fsp3) is 0.567. The third kappa shape index (κ3) is 6.12. The van der Waals surface area contributed by atoms with Crippen molar-refractivity contribution in [3.05, 3.63) is 53.1 Å². The van der Waals surface area contributed by atoms with Gasteiger partial charge in [0.2, 0.25) is 0 Å². The van der Waals surface area contributed by atoms with Crippen LogP contribution in [0.2, 0.25) is 0 Å². The third-order valence-electron chi connectivity index (χ3n) is 8.31. The number of nitrogens with one attached hydrogen (secondary N) is 1. The Balaban J connectivity index is 1.54. The highest BCUT2D eigenvalue weighted by molar-refractivity contribution is 5.91. The second-order valence-corrected chi connectivity index (χ2v) is 10.5. The van der Waals surface area contributed by atoms with Crippen LogP contribution in [0.15, 0.2) is 36.4 Å². The first kappa shape index (κ1) is 25.4. The molecule has 35 heavy (non-hydrogen) atoms. The van der Waals surface area contributed by atoms with E-state index in [9.17, 15) is 4.79 Å². The summed E-state index contributed by atoms with van der Waals surface area (Å²) in [6.45, 7) is 4.62. The van der Waals surface area contributed by atoms with Gasteiger partial charge < -0.3 is 19.7 Å². The molecule has 2 saturated carbocycles. The van der Waals surface area contributed by atoms with E-state index < -0.39 is 0 Å². The van der Waals surface area contributed by atoms with Crippen molar-refractivity contribution in [3.8, 4) is 11.5 Å². The molecule has 1 N–H and O–H groups in total. The quantitative estimate of drug-likeness (QED) is 0.448. The maximum atomic E-state index is 13.8. The Morgan fingerprint density at radius 3 is 2.17 bits per heavy atom. The smallest absolute Gasteiger partial charge is 0.322 e. The monoisotopic (exact) mass is 478 g/mol. The number of para-hydroxylation sites is 1. The van der Waals surface area contributed by atoms with Crippen LogP contribution >= 0.6 is 0 Å². The molecule has 2 aliphatic carbocycles. The summed E-state index contributed by atoms with van der Waals surface area (Å²) in [5.41, 5.74) is 4.09. The van der Waals surface area contributed by atoms with E-state index >= 15 is 0 Å². The largest absolute Gasteiger partial charge is 0.497 e. The van der Waals surface area contributed by atoms with E-state index in [0.29, 0.717) is 6.54 Å². The minimum absolute atomic E-state index is 0.0265. The Kier molecular flexibility index (Phi) is 8.59. The normalized spacial score (nSPS) is 20.8. The molecule has 5 nitrogen and oxygen atoms in total. The van der Waals surface area contributed by atoms with Gasteiger partial charge in [0.25, 0.3) is 0 Å². The van der Waals surface area contributed by atoms with Crippen LogP contribution in [-0.2, 0) is 6.54 Å². The Morgan fingerprint density at radius 2 is 1.54 bits per heavy atom. The highest BCUT2D eigenvalue weighted by atomic mass is 16.5. The Morgan fingerprint density at radius 1 is 0.886 bits per heavy atom. The minimum atomic E-state index is -0.0265. The molecule has 5 heteroatoms. The number of hydrogen-bond donors (Lipinski definition) is 1. The predicted octanol–water partition coefficient (Wildman–Crippen LogP) is 7.49. The van der Waals surface area contributed by atoms with Crippen LogP contribution in [0.5, 0.6) is 11.5 Å². The van der Waals surface area contributed by atoms with E-state index in [-0.39, 0.29) is 12.1 Å².